The second-order valence-corrected chi connectivity index (χ2v) is 6.87. The first kappa shape index (κ1) is 13.8. The summed E-state index contributed by atoms with van der Waals surface area (Å²) in [7, 11) is 0. The fourth-order valence-corrected chi connectivity index (χ4v) is 3.34. The van der Waals surface area contributed by atoms with E-state index in [-0.39, 0.29) is 6.61 Å². The van der Waals surface area contributed by atoms with Crippen LogP contribution in [0.5, 0.6) is 0 Å². The Hall–Kier alpha value is -0.610. The first-order chi connectivity index (χ1) is 8.52. The molecule has 1 aromatic heterocycles. The molecule has 0 aliphatic heterocycles. The third-order valence-electron chi connectivity index (χ3n) is 3.43. The fraction of sp³-hybridized carbons (Fsp3) is 0.786. The molecule has 0 saturated heterocycles. The highest BCUT2D eigenvalue weighted by Crippen LogP contribution is 2.36. The van der Waals surface area contributed by atoms with E-state index in [9.17, 15) is 5.11 Å². The zero-order valence-electron chi connectivity index (χ0n) is 11.8. The minimum absolute atomic E-state index is 0.112. The van der Waals surface area contributed by atoms with E-state index in [1.54, 1.807) is 11.3 Å². The number of nitrogens with zero attached hydrogens (tertiary/aromatic N) is 2. The van der Waals surface area contributed by atoms with Gasteiger partial charge in [-0.05, 0) is 38.5 Å². The van der Waals surface area contributed by atoms with Crippen molar-refractivity contribution in [3.8, 4) is 0 Å². The maximum absolute atomic E-state index is 9.45. The molecule has 4 heteroatoms. The van der Waals surface area contributed by atoms with Crippen LogP contribution in [0.3, 0.4) is 0 Å². The number of aliphatic hydroxyl groups is 1. The van der Waals surface area contributed by atoms with Crippen molar-refractivity contribution < 1.29 is 5.11 Å². The molecule has 3 nitrogen and oxygen atoms in total. The summed E-state index contributed by atoms with van der Waals surface area (Å²) in [6.07, 6.45) is 2.72. The van der Waals surface area contributed by atoms with E-state index in [0.717, 1.165) is 28.2 Å². The van der Waals surface area contributed by atoms with Crippen molar-refractivity contribution in [1.82, 2.24) is 4.98 Å². The molecule has 1 aromatic rings. The molecule has 0 aromatic carbocycles. The van der Waals surface area contributed by atoms with E-state index >= 15 is 0 Å². The van der Waals surface area contributed by atoms with Crippen molar-refractivity contribution in [3.05, 3.63) is 10.6 Å². The highest BCUT2D eigenvalue weighted by Gasteiger charge is 2.28. The van der Waals surface area contributed by atoms with Gasteiger partial charge in [0, 0.05) is 12.6 Å². The van der Waals surface area contributed by atoms with Crippen molar-refractivity contribution in [2.24, 2.45) is 5.92 Å². The molecule has 1 saturated carbocycles. The summed E-state index contributed by atoms with van der Waals surface area (Å²) in [5.41, 5.74) is 1.07. The van der Waals surface area contributed by atoms with Crippen molar-refractivity contribution in [2.75, 3.05) is 11.4 Å². The Morgan fingerprint density at radius 3 is 2.39 bits per heavy atom. The lowest BCUT2D eigenvalue weighted by atomic mass is 10.1. The number of anilines is 1. The monoisotopic (exact) mass is 268 g/mol. The summed E-state index contributed by atoms with van der Waals surface area (Å²) in [6.45, 7) is 9.94. The van der Waals surface area contributed by atoms with Crippen LogP contribution in [0.1, 0.15) is 57.0 Å². The van der Waals surface area contributed by atoms with Crippen molar-refractivity contribution in [3.63, 3.8) is 0 Å². The van der Waals surface area contributed by atoms with Gasteiger partial charge < -0.3 is 10.0 Å². The van der Waals surface area contributed by atoms with Gasteiger partial charge in [-0.2, -0.15) is 0 Å². The first-order valence-corrected chi connectivity index (χ1v) is 7.71. The number of aliphatic hydroxyl groups excluding tert-OH is 1. The Balaban J connectivity index is 2.23. The summed E-state index contributed by atoms with van der Waals surface area (Å²) >= 11 is 1.66. The van der Waals surface area contributed by atoms with Gasteiger partial charge in [0.05, 0.1) is 17.2 Å². The van der Waals surface area contributed by atoms with Gasteiger partial charge in [-0.25, -0.2) is 4.98 Å². The molecular weight excluding hydrogens is 244 g/mol. The third-order valence-corrected chi connectivity index (χ3v) is 4.52. The normalized spacial score (nSPS) is 15.7. The van der Waals surface area contributed by atoms with Gasteiger partial charge in [0.25, 0.3) is 0 Å². The summed E-state index contributed by atoms with van der Waals surface area (Å²) in [4.78, 5) is 8.19. The first-order valence-electron chi connectivity index (χ1n) is 6.90. The molecule has 0 atom stereocenters. The van der Waals surface area contributed by atoms with Gasteiger partial charge in [0.15, 0.2) is 5.13 Å². The standard InChI is InChI=1S/C14H24N2OS/c1-9(2)13-12(8-17)18-14(15-13)16(10(3)4)7-11-5-6-11/h9-11,17H,5-8H2,1-4H3. The maximum atomic E-state index is 9.45. The average Bonchev–Trinajstić information content (AvgIpc) is 3.02. The summed E-state index contributed by atoms with van der Waals surface area (Å²) in [5.74, 6) is 1.24. The lowest BCUT2D eigenvalue weighted by molar-refractivity contribution is 0.283. The van der Waals surface area contributed by atoms with E-state index in [0.29, 0.717) is 12.0 Å². The largest absolute Gasteiger partial charge is 0.391 e. The molecule has 0 radical (unpaired) electrons. The second-order valence-electron chi connectivity index (χ2n) is 5.81. The molecule has 102 valence electrons. The Kier molecular flexibility index (Phi) is 4.28. The quantitative estimate of drug-likeness (QED) is 0.859. The number of hydrogen-bond acceptors (Lipinski definition) is 4. The van der Waals surface area contributed by atoms with E-state index in [2.05, 4.69) is 32.6 Å². The third kappa shape index (κ3) is 3.04. The highest BCUT2D eigenvalue weighted by molar-refractivity contribution is 7.15. The lowest BCUT2D eigenvalue weighted by Crippen LogP contribution is -2.32. The molecule has 2 rings (SSSR count). The predicted octanol–water partition coefficient (Wildman–Crippen LogP) is 3.38. The van der Waals surface area contributed by atoms with Crippen molar-refractivity contribution in [2.45, 2.75) is 59.1 Å². The van der Waals surface area contributed by atoms with Crippen molar-refractivity contribution in [1.29, 1.82) is 0 Å². The number of aromatic nitrogens is 1. The minimum atomic E-state index is 0.112. The zero-order chi connectivity index (χ0) is 13.3. The predicted molar refractivity (Wildman–Crippen MR) is 77.3 cm³/mol. The highest BCUT2D eigenvalue weighted by atomic mass is 32.1. The Bertz CT molecular complexity index is 396. The molecule has 18 heavy (non-hydrogen) atoms. The van der Waals surface area contributed by atoms with E-state index < -0.39 is 0 Å². The SMILES string of the molecule is CC(C)c1nc(N(CC2CC2)C(C)C)sc1CO. The van der Waals surface area contributed by atoms with Gasteiger partial charge >= 0.3 is 0 Å². The van der Waals surface area contributed by atoms with E-state index in [1.807, 2.05) is 0 Å². The molecule has 1 aliphatic carbocycles. The van der Waals surface area contributed by atoms with Gasteiger partial charge in [-0.3, -0.25) is 0 Å². The minimum Gasteiger partial charge on any atom is -0.391 e. The molecular formula is C14H24N2OS. The van der Waals surface area contributed by atoms with Crippen LogP contribution in [-0.2, 0) is 6.61 Å². The molecule has 0 bridgehead atoms. The van der Waals surface area contributed by atoms with Crippen LogP contribution >= 0.6 is 11.3 Å². The maximum Gasteiger partial charge on any atom is 0.186 e. The summed E-state index contributed by atoms with van der Waals surface area (Å²) in [5, 5.41) is 10.5. The number of hydrogen-bond donors (Lipinski definition) is 1. The molecule has 0 unspecified atom stereocenters. The number of thiazole rings is 1. The van der Waals surface area contributed by atoms with E-state index in [4.69, 9.17) is 4.98 Å². The van der Waals surface area contributed by atoms with Crippen LogP contribution in [-0.4, -0.2) is 22.7 Å². The second kappa shape index (κ2) is 5.57. The van der Waals surface area contributed by atoms with Gasteiger partial charge in [0.2, 0.25) is 0 Å². The topological polar surface area (TPSA) is 36.4 Å². The van der Waals surface area contributed by atoms with Gasteiger partial charge in [0.1, 0.15) is 0 Å². The summed E-state index contributed by atoms with van der Waals surface area (Å²) in [6, 6.07) is 0.475. The Morgan fingerprint density at radius 1 is 1.33 bits per heavy atom. The van der Waals surface area contributed by atoms with Gasteiger partial charge in [-0.15, -0.1) is 0 Å². The van der Waals surface area contributed by atoms with Gasteiger partial charge in [-0.1, -0.05) is 25.2 Å². The van der Waals surface area contributed by atoms with E-state index in [1.165, 1.54) is 12.8 Å². The van der Waals surface area contributed by atoms with Crippen LogP contribution in [0.25, 0.3) is 0 Å². The molecule has 1 N–H and O–H groups in total. The number of rotatable bonds is 6. The summed E-state index contributed by atoms with van der Waals surface area (Å²) < 4.78 is 0. The molecule has 1 fully saturated rings. The fourth-order valence-electron chi connectivity index (χ4n) is 2.13. The Labute approximate surface area is 114 Å². The molecule has 1 heterocycles. The van der Waals surface area contributed by atoms with Crippen LogP contribution in [0, 0.1) is 5.92 Å². The van der Waals surface area contributed by atoms with Crippen LogP contribution in [0.15, 0.2) is 0 Å². The van der Waals surface area contributed by atoms with Crippen LogP contribution in [0.2, 0.25) is 0 Å². The van der Waals surface area contributed by atoms with Crippen LogP contribution < -0.4 is 4.90 Å². The molecule has 0 spiro atoms. The Morgan fingerprint density at radius 2 is 2.00 bits per heavy atom. The molecule has 1 aliphatic rings. The van der Waals surface area contributed by atoms with Crippen molar-refractivity contribution >= 4 is 16.5 Å². The smallest absolute Gasteiger partial charge is 0.186 e. The van der Waals surface area contributed by atoms with Crippen LogP contribution in [0.4, 0.5) is 5.13 Å². The average molecular weight is 268 g/mol. The molecule has 0 amide bonds. The zero-order valence-corrected chi connectivity index (χ0v) is 12.6. The lowest BCUT2D eigenvalue weighted by Gasteiger charge is -2.26.